The van der Waals surface area contributed by atoms with Gasteiger partial charge in [-0.1, -0.05) is 26.0 Å². The number of ether oxygens (including phenoxy) is 1. The Hall–Kier alpha value is -3.15. The first-order chi connectivity index (χ1) is 14.4. The van der Waals surface area contributed by atoms with Crippen LogP contribution in [0.1, 0.15) is 56.0 Å². The van der Waals surface area contributed by atoms with Gasteiger partial charge in [-0.15, -0.1) is 0 Å². The summed E-state index contributed by atoms with van der Waals surface area (Å²) in [4.78, 5) is 36.4. The van der Waals surface area contributed by atoms with Gasteiger partial charge in [0.05, 0.1) is 6.61 Å². The molecule has 0 bridgehead atoms. The molecular weight excluding hydrogens is 380 g/mol. The van der Waals surface area contributed by atoms with Crippen LogP contribution in [0, 0.1) is 5.92 Å². The molecule has 0 radical (unpaired) electrons. The van der Waals surface area contributed by atoms with Crippen molar-refractivity contribution in [3.05, 3.63) is 59.7 Å². The van der Waals surface area contributed by atoms with Gasteiger partial charge >= 0.3 is 0 Å². The minimum Gasteiger partial charge on any atom is -0.494 e. The van der Waals surface area contributed by atoms with Crippen LogP contribution >= 0.6 is 0 Å². The fraction of sp³-hybridized carbons (Fsp3) is 0.375. The van der Waals surface area contributed by atoms with E-state index in [0.29, 0.717) is 24.4 Å². The zero-order chi connectivity index (χ0) is 21.9. The second kappa shape index (κ2) is 11.8. The molecule has 0 saturated carbocycles. The van der Waals surface area contributed by atoms with Crippen LogP contribution in [-0.2, 0) is 16.1 Å². The van der Waals surface area contributed by atoms with Crippen LogP contribution in [0.25, 0.3) is 0 Å². The van der Waals surface area contributed by atoms with Gasteiger partial charge in [0.2, 0.25) is 11.8 Å². The molecule has 160 valence electrons. The van der Waals surface area contributed by atoms with Crippen molar-refractivity contribution in [2.75, 3.05) is 11.9 Å². The predicted molar refractivity (Wildman–Crippen MR) is 118 cm³/mol. The summed E-state index contributed by atoms with van der Waals surface area (Å²) in [5.74, 6) is 0.369. The summed E-state index contributed by atoms with van der Waals surface area (Å²) >= 11 is 0. The third-order valence-electron chi connectivity index (χ3n) is 4.81. The molecule has 0 heterocycles. The molecule has 2 amide bonds. The minimum atomic E-state index is -0.191. The third kappa shape index (κ3) is 7.35. The second-order valence-corrected chi connectivity index (χ2v) is 7.16. The molecule has 2 aromatic carbocycles. The van der Waals surface area contributed by atoms with Crippen LogP contribution in [0.2, 0.25) is 0 Å². The Balaban J connectivity index is 1.79. The molecule has 0 aliphatic heterocycles. The van der Waals surface area contributed by atoms with Crippen LogP contribution in [0.15, 0.2) is 48.5 Å². The average molecular weight is 411 g/mol. The zero-order valence-corrected chi connectivity index (χ0v) is 17.9. The highest BCUT2D eigenvalue weighted by molar-refractivity contribution is 5.98. The van der Waals surface area contributed by atoms with Gasteiger partial charge in [-0.25, -0.2) is 0 Å². The number of carbonyl (C=O) groups is 3. The number of Topliss-reactive ketones (excluding diaryl/α,β-unsaturated/α-hetero) is 1. The lowest BCUT2D eigenvalue weighted by Crippen LogP contribution is -2.23. The predicted octanol–water partition coefficient (Wildman–Crippen LogP) is 4.35. The van der Waals surface area contributed by atoms with Gasteiger partial charge in [0, 0.05) is 36.6 Å². The third-order valence-corrected chi connectivity index (χ3v) is 4.81. The number of ketones is 1. The van der Waals surface area contributed by atoms with E-state index in [9.17, 15) is 14.4 Å². The summed E-state index contributed by atoms with van der Waals surface area (Å²) in [6.45, 7) is 6.66. The highest BCUT2D eigenvalue weighted by Gasteiger charge is 2.12. The van der Waals surface area contributed by atoms with Crippen LogP contribution in [0.5, 0.6) is 5.75 Å². The van der Waals surface area contributed by atoms with Crippen molar-refractivity contribution in [2.45, 2.75) is 46.6 Å². The first kappa shape index (κ1) is 23.1. The summed E-state index contributed by atoms with van der Waals surface area (Å²) in [6, 6.07) is 14.3. The standard InChI is InChI=1S/C24H30N2O4/c1-4-17(3)24(29)26-20-8-6-7-18(15-20)16-25-23(28)14-13-22(27)19-9-11-21(12-10-19)30-5-2/h6-12,15,17H,4-5,13-14,16H2,1-3H3,(H,25,28)(H,26,29). The number of benzene rings is 2. The van der Waals surface area contributed by atoms with Crippen molar-refractivity contribution in [1.29, 1.82) is 0 Å². The molecule has 0 aliphatic rings. The molecule has 0 aromatic heterocycles. The number of amides is 2. The highest BCUT2D eigenvalue weighted by atomic mass is 16.5. The number of carbonyl (C=O) groups excluding carboxylic acids is 3. The molecule has 2 N–H and O–H groups in total. The Labute approximate surface area is 178 Å². The molecular formula is C24H30N2O4. The van der Waals surface area contributed by atoms with Gasteiger partial charge < -0.3 is 15.4 Å². The Kier molecular flexibility index (Phi) is 9.06. The lowest BCUT2D eigenvalue weighted by Gasteiger charge is -2.11. The van der Waals surface area contributed by atoms with Crippen LogP contribution in [0.3, 0.4) is 0 Å². The Bertz CT molecular complexity index is 862. The fourth-order valence-electron chi connectivity index (χ4n) is 2.77. The van der Waals surface area contributed by atoms with Crippen molar-refractivity contribution < 1.29 is 19.1 Å². The molecule has 1 unspecified atom stereocenters. The van der Waals surface area contributed by atoms with E-state index < -0.39 is 0 Å². The number of anilines is 1. The van der Waals surface area contributed by atoms with Gasteiger partial charge in [0.15, 0.2) is 5.78 Å². The normalized spacial score (nSPS) is 11.4. The van der Waals surface area contributed by atoms with E-state index >= 15 is 0 Å². The lowest BCUT2D eigenvalue weighted by atomic mass is 10.1. The topological polar surface area (TPSA) is 84.5 Å². The highest BCUT2D eigenvalue weighted by Crippen LogP contribution is 2.15. The van der Waals surface area contributed by atoms with E-state index in [1.807, 2.05) is 45.0 Å². The monoisotopic (exact) mass is 410 g/mol. The molecule has 6 heteroatoms. The molecule has 0 fully saturated rings. The minimum absolute atomic E-state index is 0.0218. The quantitative estimate of drug-likeness (QED) is 0.540. The van der Waals surface area contributed by atoms with Crippen molar-refractivity contribution in [1.82, 2.24) is 5.32 Å². The van der Waals surface area contributed by atoms with E-state index in [4.69, 9.17) is 4.74 Å². The fourth-order valence-corrected chi connectivity index (χ4v) is 2.77. The van der Waals surface area contributed by atoms with Gasteiger partial charge in [0.25, 0.3) is 0 Å². The van der Waals surface area contributed by atoms with E-state index in [0.717, 1.165) is 17.7 Å². The van der Waals surface area contributed by atoms with Gasteiger partial charge in [-0.3, -0.25) is 14.4 Å². The van der Waals surface area contributed by atoms with Crippen molar-refractivity contribution >= 4 is 23.3 Å². The van der Waals surface area contributed by atoms with Gasteiger partial charge in [0.1, 0.15) is 5.75 Å². The van der Waals surface area contributed by atoms with Crippen LogP contribution in [-0.4, -0.2) is 24.2 Å². The maximum absolute atomic E-state index is 12.3. The Morgan fingerprint density at radius 3 is 2.40 bits per heavy atom. The number of hydrogen-bond acceptors (Lipinski definition) is 4. The lowest BCUT2D eigenvalue weighted by molar-refractivity contribution is -0.121. The molecule has 0 aliphatic carbocycles. The van der Waals surface area contributed by atoms with Crippen molar-refractivity contribution in [3.63, 3.8) is 0 Å². The molecule has 2 aromatic rings. The molecule has 0 saturated heterocycles. The average Bonchev–Trinajstić information content (AvgIpc) is 2.76. The van der Waals surface area contributed by atoms with Crippen LogP contribution in [0.4, 0.5) is 5.69 Å². The summed E-state index contributed by atoms with van der Waals surface area (Å²) in [5.41, 5.74) is 2.15. The molecule has 2 rings (SSSR count). The molecule has 6 nitrogen and oxygen atoms in total. The summed E-state index contributed by atoms with van der Waals surface area (Å²) in [7, 11) is 0. The second-order valence-electron chi connectivity index (χ2n) is 7.16. The smallest absolute Gasteiger partial charge is 0.227 e. The zero-order valence-electron chi connectivity index (χ0n) is 17.9. The number of nitrogens with one attached hydrogen (secondary N) is 2. The summed E-state index contributed by atoms with van der Waals surface area (Å²) < 4.78 is 5.36. The number of hydrogen-bond donors (Lipinski definition) is 2. The van der Waals surface area contributed by atoms with Gasteiger partial charge in [-0.05, 0) is 55.3 Å². The Morgan fingerprint density at radius 1 is 1.00 bits per heavy atom. The maximum atomic E-state index is 12.3. The van der Waals surface area contributed by atoms with Crippen LogP contribution < -0.4 is 15.4 Å². The summed E-state index contributed by atoms with van der Waals surface area (Å²) in [6.07, 6.45) is 1.04. The largest absolute Gasteiger partial charge is 0.494 e. The maximum Gasteiger partial charge on any atom is 0.227 e. The van der Waals surface area contributed by atoms with Crippen molar-refractivity contribution in [2.24, 2.45) is 5.92 Å². The summed E-state index contributed by atoms with van der Waals surface area (Å²) in [5, 5.41) is 5.71. The molecule has 0 spiro atoms. The van der Waals surface area contributed by atoms with Crippen molar-refractivity contribution in [3.8, 4) is 5.75 Å². The molecule has 1 atom stereocenters. The number of rotatable bonds is 11. The van der Waals surface area contributed by atoms with Gasteiger partial charge in [-0.2, -0.15) is 0 Å². The first-order valence-electron chi connectivity index (χ1n) is 10.4. The van der Waals surface area contributed by atoms with E-state index in [-0.39, 0.29) is 36.4 Å². The molecule has 30 heavy (non-hydrogen) atoms. The first-order valence-corrected chi connectivity index (χ1v) is 10.4. The van der Waals surface area contributed by atoms with E-state index in [2.05, 4.69) is 10.6 Å². The van der Waals surface area contributed by atoms with E-state index in [1.54, 1.807) is 24.3 Å². The SMILES string of the molecule is CCOc1ccc(C(=O)CCC(=O)NCc2cccc(NC(=O)C(C)CC)c2)cc1. The van der Waals surface area contributed by atoms with E-state index in [1.165, 1.54) is 0 Å². The Morgan fingerprint density at radius 2 is 1.73 bits per heavy atom.